The molecule has 5 rings (SSSR count). The fourth-order valence-electron chi connectivity index (χ4n) is 7.69. The first-order valence-electron chi connectivity index (χ1n) is 10.9. The van der Waals surface area contributed by atoms with Crippen molar-refractivity contribution in [3.63, 3.8) is 0 Å². The molecule has 166 valence electrons. The summed E-state index contributed by atoms with van der Waals surface area (Å²) in [7, 11) is 0. The van der Waals surface area contributed by atoms with Gasteiger partial charge in [-0.1, -0.05) is 13.3 Å². The number of ether oxygens (including phenoxy) is 4. The minimum Gasteiger partial charge on any atom is -0.453 e. The standard InChI is InChI=1S/C22H30O8/c1-12(23)29-20(4)16(25)14-15-18(2,17(26)28-14)6-5-7-19(15,3)22(20)9-8-21(30-22)10-13(24)27-11-21/h13-15,24H,5-11H2,1-4H3/t13-,14+,15+,18+,19+,20+,21-,22+/m1/s1. The van der Waals surface area contributed by atoms with E-state index in [2.05, 4.69) is 6.92 Å². The summed E-state index contributed by atoms with van der Waals surface area (Å²) in [4.78, 5) is 38.9. The van der Waals surface area contributed by atoms with E-state index in [1.54, 1.807) is 6.92 Å². The van der Waals surface area contributed by atoms with Crippen LogP contribution in [-0.2, 0) is 33.3 Å². The van der Waals surface area contributed by atoms with Gasteiger partial charge in [0.1, 0.15) is 5.60 Å². The summed E-state index contributed by atoms with van der Waals surface area (Å²) in [5.41, 5.74) is -4.88. The normalized spacial score (nSPS) is 54.5. The largest absolute Gasteiger partial charge is 0.453 e. The highest BCUT2D eigenvalue weighted by molar-refractivity contribution is 6.00. The highest BCUT2D eigenvalue weighted by atomic mass is 16.7. The van der Waals surface area contributed by atoms with E-state index in [0.717, 1.165) is 12.8 Å². The molecule has 8 nitrogen and oxygen atoms in total. The van der Waals surface area contributed by atoms with Crippen LogP contribution in [0.3, 0.4) is 0 Å². The minimum atomic E-state index is -1.60. The number of carbonyl (C=O) groups is 3. The maximum absolute atomic E-state index is 13.8. The average Bonchev–Trinajstić information content (AvgIpc) is 3.29. The third-order valence-electron chi connectivity index (χ3n) is 8.95. The van der Waals surface area contributed by atoms with Crippen LogP contribution in [0.15, 0.2) is 0 Å². The fraction of sp³-hybridized carbons (Fsp3) is 0.864. The molecule has 2 spiro atoms. The molecule has 2 aliphatic carbocycles. The van der Waals surface area contributed by atoms with E-state index in [9.17, 15) is 19.5 Å². The molecule has 0 aromatic carbocycles. The number of rotatable bonds is 1. The van der Waals surface area contributed by atoms with Gasteiger partial charge < -0.3 is 24.1 Å². The molecular weight excluding hydrogens is 392 g/mol. The van der Waals surface area contributed by atoms with E-state index in [4.69, 9.17) is 18.9 Å². The SMILES string of the molecule is CC(=O)O[C@@]1(C)C(=O)[C@H]2OC(=O)[C@@]3(C)CCC[C@@](C)([C@@H]23)[C@@]12CC[C@@]1(CO[C@@H](O)C1)O2. The van der Waals surface area contributed by atoms with Gasteiger partial charge in [0.25, 0.3) is 0 Å². The first kappa shape index (κ1) is 20.4. The predicted molar refractivity (Wildman–Crippen MR) is 101 cm³/mol. The molecule has 0 unspecified atom stereocenters. The predicted octanol–water partition coefficient (Wildman–Crippen LogP) is 1.66. The molecule has 30 heavy (non-hydrogen) atoms. The first-order chi connectivity index (χ1) is 13.9. The second kappa shape index (κ2) is 5.84. The molecule has 3 heterocycles. The molecule has 2 saturated carbocycles. The number of Topliss-reactive ketones (excluding diaryl/α,β-unsaturated/α-hetero) is 1. The number of fused-ring (bicyclic) bond motifs is 1. The van der Waals surface area contributed by atoms with E-state index < -0.39 is 51.8 Å². The molecule has 8 heteroatoms. The average molecular weight is 422 g/mol. The smallest absolute Gasteiger partial charge is 0.312 e. The van der Waals surface area contributed by atoms with Crippen molar-refractivity contribution < 1.29 is 38.4 Å². The Morgan fingerprint density at radius 1 is 1.13 bits per heavy atom. The molecule has 0 aromatic rings. The van der Waals surface area contributed by atoms with Crippen LogP contribution in [0.1, 0.15) is 66.2 Å². The van der Waals surface area contributed by atoms with Crippen LogP contribution in [0.25, 0.3) is 0 Å². The van der Waals surface area contributed by atoms with Gasteiger partial charge in [-0.15, -0.1) is 0 Å². The minimum absolute atomic E-state index is 0.219. The molecule has 0 radical (unpaired) electrons. The van der Waals surface area contributed by atoms with Gasteiger partial charge in [0.15, 0.2) is 18.0 Å². The van der Waals surface area contributed by atoms with Gasteiger partial charge in [-0.2, -0.15) is 0 Å². The van der Waals surface area contributed by atoms with Crippen LogP contribution in [0.4, 0.5) is 0 Å². The van der Waals surface area contributed by atoms with Crippen LogP contribution in [-0.4, -0.2) is 58.6 Å². The first-order valence-corrected chi connectivity index (χ1v) is 10.9. The van der Waals surface area contributed by atoms with Crippen molar-refractivity contribution in [1.29, 1.82) is 0 Å². The van der Waals surface area contributed by atoms with Crippen LogP contribution in [0.2, 0.25) is 0 Å². The Balaban J connectivity index is 1.71. The van der Waals surface area contributed by atoms with Crippen molar-refractivity contribution >= 4 is 17.7 Å². The van der Waals surface area contributed by atoms with Crippen molar-refractivity contribution in [1.82, 2.24) is 0 Å². The molecule has 0 aromatic heterocycles. The third kappa shape index (κ3) is 2.15. The summed E-state index contributed by atoms with van der Waals surface area (Å²) >= 11 is 0. The maximum Gasteiger partial charge on any atom is 0.312 e. The fourth-order valence-corrected chi connectivity index (χ4v) is 7.69. The van der Waals surface area contributed by atoms with E-state index in [1.165, 1.54) is 6.92 Å². The van der Waals surface area contributed by atoms with Crippen LogP contribution in [0, 0.1) is 16.7 Å². The summed E-state index contributed by atoms with van der Waals surface area (Å²) < 4.78 is 23.7. The Morgan fingerprint density at radius 2 is 1.87 bits per heavy atom. The van der Waals surface area contributed by atoms with Crippen molar-refractivity contribution in [3.05, 3.63) is 0 Å². The van der Waals surface area contributed by atoms with E-state index >= 15 is 0 Å². The molecule has 1 N–H and O–H groups in total. The number of hydrogen-bond donors (Lipinski definition) is 1. The van der Waals surface area contributed by atoms with E-state index in [0.29, 0.717) is 25.7 Å². The van der Waals surface area contributed by atoms with Crippen molar-refractivity contribution in [2.24, 2.45) is 16.7 Å². The molecule has 3 aliphatic heterocycles. The lowest BCUT2D eigenvalue weighted by Gasteiger charge is -2.64. The van der Waals surface area contributed by atoms with Crippen LogP contribution in [0.5, 0.6) is 0 Å². The van der Waals surface area contributed by atoms with Gasteiger partial charge in [0.05, 0.1) is 17.6 Å². The van der Waals surface area contributed by atoms with Crippen LogP contribution >= 0.6 is 0 Å². The molecule has 0 bridgehead atoms. The quantitative estimate of drug-likeness (QED) is 0.636. The van der Waals surface area contributed by atoms with Gasteiger partial charge >= 0.3 is 11.9 Å². The number of aliphatic hydroxyl groups excluding tert-OH is 1. The number of esters is 2. The van der Waals surface area contributed by atoms with Crippen molar-refractivity contribution in [2.45, 2.75) is 95.4 Å². The number of carbonyl (C=O) groups excluding carboxylic acids is 3. The lowest BCUT2D eigenvalue weighted by Crippen LogP contribution is -2.77. The Bertz CT molecular complexity index is 841. The zero-order chi connectivity index (χ0) is 21.7. The summed E-state index contributed by atoms with van der Waals surface area (Å²) in [6, 6.07) is 0. The van der Waals surface area contributed by atoms with Crippen LogP contribution < -0.4 is 0 Å². The Labute approximate surface area is 175 Å². The highest BCUT2D eigenvalue weighted by Gasteiger charge is 2.82. The number of aliphatic hydroxyl groups is 1. The summed E-state index contributed by atoms with van der Waals surface area (Å²) in [6.07, 6.45) is 1.65. The lowest BCUT2D eigenvalue weighted by molar-refractivity contribution is -0.288. The van der Waals surface area contributed by atoms with Gasteiger partial charge in [-0.3, -0.25) is 14.4 Å². The summed E-state index contributed by atoms with van der Waals surface area (Å²) in [6.45, 7) is 7.06. The van der Waals surface area contributed by atoms with E-state index in [-0.39, 0.29) is 18.5 Å². The number of ketones is 1. The third-order valence-corrected chi connectivity index (χ3v) is 8.95. The number of hydrogen-bond acceptors (Lipinski definition) is 8. The molecule has 8 atom stereocenters. The van der Waals surface area contributed by atoms with Gasteiger partial charge in [0.2, 0.25) is 5.78 Å². The molecule has 5 fully saturated rings. The Hall–Kier alpha value is -1.51. The molecule has 3 saturated heterocycles. The zero-order valence-corrected chi connectivity index (χ0v) is 18.0. The molecule has 0 amide bonds. The van der Waals surface area contributed by atoms with Gasteiger partial charge in [0, 0.05) is 24.7 Å². The lowest BCUT2D eigenvalue weighted by atomic mass is 9.42. The Morgan fingerprint density at radius 3 is 2.50 bits per heavy atom. The second-order valence-corrected chi connectivity index (χ2v) is 10.6. The second-order valence-electron chi connectivity index (χ2n) is 10.6. The van der Waals surface area contributed by atoms with E-state index in [1.807, 2.05) is 6.92 Å². The topological polar surface area (TPSA) is 108 Å². The van der Waals surface area contributed by atoms with Crippen molar-refractivity contribution in [2.75, 3.05) is 6.61 Å². The highest BCUT2D eigenvalue weighted by Crippen LogP contribution is 2.71. The van der Waals surface area contributed by atoms with Gasteiger partial charge in [-0.25, -0.2) is 0 Å². The summed E-state index contributed by atoms with van der Waals surface area (Å²) in [5.74, 6) is -1.70. The monoisotopic (exact) mass is 422 g/mol. The molecule has 5 aliphatic rings. The summed E-state index contributed by atoms with van der Waals surface area (Å²) in [5, 5.41) is 10.0. The zero-order valence-electron chi connectivity index (χ0n) is 18.0. The van der Waals surface area contributed by atoms with Crippen molar-refractivity contribution in [3.8, 4) is 0 Å². The van der Waals surface area contributed by atoms with Gasteiger partial charge in [-0.05, 0) is 39.5 Å². The Kier molecular flexibility index (Phi) is 3.97. The molecular formula is C22H30O8. The maximum atomic E-state index is 13.8.